The number of rotatable bonds is 3. The molecule has 4 heteroatoms. The molecular formula is C17H15F2NO. The minimum atomic E-state index is -0.655. The second-order valence-electron chi connectivity index (χ2n) is 5.25. The summed E-state index contributed by atoms with van der Waals surface area (Å²) in [5.41, 5.74) is 3.21. The van der Waals surface area contributed by atoms with E-state index in [1.165, 1.54) is 12.1 Å². The average Bonchev–Trinajstić information content (AvgIpc) is 2.45. The van der Waals surface area contributed by atoms with Gasteiger partial charge in [0.2, 0.25) is 0 Å². The topological polar surface area (TPSA) is 29.1 Å². The van der Waals surface area contributed by atoms with Crippen molar-refractivity contribution >= 4 is 5.78 Å². The van der Waals surface area contributed by atoms with Crippen LogP contribution in [0.25, 0.3) is 0 Å². The number of hydrogen-bond donors (Lipinski definition) is 1. The van der Waals surface area contributed by atoms with Gasteiger partial charge in [0.15, 0.2) is 5.78 Å². The number of fused-ring (bicyclic) bond motifs is 1. The van der Waals surface area contributed by atoms with Crippen molar-refractivity contribution < 1.29 is 13.6 Å². The molecule has 0 amide bonds. The molecule has 0 saturated heterocycles. The molecule has 0 saturated carbocycles. The zero-order valence-corrected chi connectivity index (χ0v) is 11.5. The lowest BCUT2D eigenvalue weighted by Crippen LogP contribution is -2.25. The summed E-state index contributed by atoms with van der Waals surface area (Å²) in [7, 11) is 0. The predicted molar refractivity (Wildman–Crippen MR) is 76.2 cm³/mol. The third-order valence-electron chi connectivity index (χ3n) is 3.73. The second kappa shape index (κ2) is 5.74. The molecule has 1 N–H and O–H groups in total. The van der Waals surface area contributed by atoms with Gasteiger partial charge in [0.1, 0.15) is 11.6 Å². The van der Waals surface area contributed by atoms with Crippen LogP contribution >= 0.6 is 0 Å². The molecule has 1 aliphatic rings. The predicted octanol–water partition coefficient (Wildman–Crippen LogP) is 3.04. The van der Waals surface area contributed by atoms with Crippen LogP contribution in [0.15, 0.2) is 36.4 Å². The van der Waals surface area contributed by atoms with Crippen molar-refractivity contribution in [1.82, 2.24) is 5.32 Å². The van der Waals surface area contributed by atoms with Gasteiger partial charge in [-0.05, 0) is 41.8 Å². The van der Waals surface area contributed by atoms with Crippen LogP contribution in [0.2, 0.25) is 0 Å². The van der Waals surface area contributed by atoms with Crippen LogP contribution in [0.5, 0.6) is 0 Å². The first-order valence-electron chi connectivity index (χ1n) is 6.93. The lowest BCUT2D eigenvalue weighted by molar-refractivity contribution is 0.0991. The first-order chi connectivity index (χ1) is 10.1. The number of carbonyl (C=O) groups is 1. The maximum Gasteiger partial charge on any atom is 0.167 e. The zero-order valence-electron chi connectivity index (χ0n) is 11.5. The fraction of sp³-hybridized carbons (Fsp3) is 0.235. The number of ketones is 1. The Kier molecular flexibility index (Phi) is 3.80. The molecule has 0 aromatic heterocycles. The molecule has 2 nitrogen and oxygen atoms in total. The van der Waals surface area contributed by atoms with E-state index in [1.54, 1.807) is 6.07 Å². The Bertz CT molecular complexity index is 677. The number of nitrogens with one attached hydrogen (secondary N) is 1. The van der Waals surface area contributed by atoms with Crippen LogP contribution in [-0.2, 0) is 19.4 Å². The van der Waals surface area contributed by atoms with E-state index < -0.39 is 11.6 Å². The number of benzene rings is 2. The van der Waals surface area contributed by atoms with E-state index in [1.807, 2.05) is 12.1 Å². The average molecular weight is 287 g/mol. The molecule has 2 aromatic rings. The largest absolute Gasteiger partial charge is 0.312 e. The third-order valence-corrected chi connectivity index (χ3v) is 3.73. The number of carbonyl (C=O) groups excluding carboxylic acids is 1. The van der Waals surface area contributed by atoms with Gasteiger partial charge in [-0.15, -0.1) is 0 Å². The number of halogens is 2. The Morgan fingerprint density at radius 3 is 2.67 bits per heavy atom. The van der Waals surface area contributed by atoms with Crippen molar-refractivity contribution in [3.8, 4) is 0 Å². The van der Waals surface area contributed by atoms with Crippen LogP contribution in [0.1, 0.15) is 27.0 Å². The fourth-order valence-electron chi connectivity index (χ4n) is 2.79. The highest BCUT2D eigenvalue weighted by molar-refractivity contribution is 5.99. The van der Waals surface area contributed by atoms with Crippen molar-refractivity contribution in [2.24, 2.45) is 0 Å². The fourth-order valence-corrected chi connectivity index (χ4v) is 2.79. The van der Waals surface area contributed by atoms with Gasteiger partial charge in [0, 0.05) is 24.6 Å². The first kappa shape index (κ1) is 13.9. The van der Waals surface area contributed by atoms with Crippen LogP contribution in [0.4, 0.5) is 8.78 Å². The lowest BCUT2D eigenvalue weighted by Gasteiger charge is -2.19. The van der Waals surface area contributed by atoms with E-state index in [0.717, 1.165) is 36.7 Å². The lowest BCUT2D eigenvalue weighted by atomic mass is 9.91. The van der Waals surface area contributed by atoms with E-state index in [9.17, 15) is 13.6 Å². The number of hydrogen-bond acceptors (Lipinski definition) is 2. The van der Waals surface area contributed by atoms with Gasteiger partial charge in [-0.3, -0.25) is 4.79 Å². The molecule has 0 radical (unpaired) electrons. The van der Waals surface area contributed by atoms with E-state index >= 15 is 0 Å². The molecule has 108 valence electrons. The van der Waals surface area contributed by atoms with Gasteiger partial charge < -0.3 is 5.32 Å². The molecule has 0 spiro atoms. The smallest absolute Gasteiger partial charge is 0.167 e. The van der Waals surface area contributed by atoms with Crippen LogP contribution < -0.4 is 5.32 Å². The Labute approximate surface area is 121 Å². The Morgan fingerprint density at radius 1 is 1.14 bits per heavy atom. The molecule has 0 aliphatic carbocycles. The Balaban J connectivity index is 1.89. The molecule has 0 fully saturated rings. The standard InChI is InChI=1S/C17H15F2NO/c18-13-6-11(7-14(19)9-13)8-17(21)16-3-1-2-12-10-20-5-4-15(12)16/h1-3,6-7,9,20H,4-5,8,10H2. The molecular weight excluding hydrogens is 272 g/mol. The van der Waals surface area contributed by atoms with Gasteiger partial charge in [0.05, 0.1) is 0 Å². The minimum Gasteiger partial charge on any atom is -0.312 e. The van der Waals surface area contributed by atoms with E-state index in [4.69, 9.17) is 0 Å². The van der Waals surface area contributed by atoms with Crippen molar-refractivity contribution in [3.63, 3.8) is 0 Å². The monoisotopic (exact) mass is 287 g/mol. The summed E-state index contributed by atoms with van der Waals surface area (Å²) < 4.78 is 26.4. The third kappa shape index (κ3) is 3.00. The van der Waals surface area contributed by atoms with Gasteiger partial charge >= 0.3 is 0 Å². The quantitative estimate of drug-likeness (QED) is 0.879. The Morgan fingerprint density at radius 2 is 1.90 bits per heavy atom. The van der Waals surface area contributed by atoms with Gasteiger partial charge in [-0.2, -0.15) is 0 Å². The molecule has 2 aromatic carbocycles. The second-order valence-corrected chi connectivity index (χ2v) is 5.25. The molecule has 3 rings (SSSR count). The highest BCUT2D eigenvalue weighted by Crippen LogP contribution is 2.21. The molecule has 0 unspecified atom stereocenters. The SMILES string of the molecule is O=C(Cc1cc(F)cc(F)c1)c1cccc2c1CCNC2. The summed E-state index contributed by atoms with van der Waals surface area (Å²) in [6, 6.07) is 8.87. The summed E-state index contributed by atoms with van der Waals surface area (Å²) >= 11 is 0. The normalized spacial score (nSPS) is 13.8. The van der Waals surface area contributed by atoms with Crippen LogP contribution in [-0.4, -0.2) is 12.3 Å². The Hall–Kier alpha value is -2.07. The van der Waals surface area contributed by atoms with Crippen molar-refractivity contribution in [2.45, 2.75) is 19.4 Å². The van der Waals surface area contributed by atoms with Crippen LogP contribution in [0, 0.1) is 11.6 Å². The van der Waals surface area contributed by atoms with Crippen molar-refractivity contribution in [1.29, 1.82) is 0 Å². The maximum absolute atomic E-state index is 13.2. The molecule has 1 aliphatic heterocycles. The first-order valence-corrected chi connectivity index (χ1v) is 6.93. The highest BCUT2D eigenvalue weighted by atomic mass is 19.1. The van der Waals surface area contributed by atoms with Gasteiger partial charge in [0.25, 0.3) is 0 Å². The van der Waals surface area contributed by atoms with Crippen LogP contribution in [0.3, 0.4) is 0 Å². The van der Waals surface area contributed by atoms with E-state index in [-0.39, 0.29) is 12.2 Å². The van der Waals surface area contributed by atoms with E-state index in [2.05, 4.69) is 5.32 Å². The number of Topliss-reactive ketones (excluding diaryl/α,β-unsaturated/α-hetero) is 1. The maximum atomic E-state index is 13.2. The van der Waals surface area contributed by atoms with Gasteiger partial charge in [-0.1, -0.05) is 18.2 Å². The highest BCUT2D eigenvalue weighted by Gasteiger charge is 2.17. The molecule has 1 heterocycles. The molecule has 0 atom stereocenters. The summed E-state index contributed by atoms with van der Waals surface area (Å²) in [4.78, 5) is 12.4. The van der Waals surface area contributed by atoms with E-state index in [0.29, 0.717) is 11.1 Å². The van der Waals surface area contributed by atoms with Crippen molar-refractivity contribution in [2.75, 3.05) is 6.54 Å². The zero-order chi connectivity index (χ0) is 14.8. The summed E-state index contributed by atoms with van der Waals surface area (Å²) in [5.74, 6) is -1.41. The summed E-state index contributed by atoms with van der Waals surface area (Å²) in [6.07, 6.45) is 0.813. The molecule has 0 bridgehead atoms. The van der Waals surface area contributed by atoms with Gasteiger partial charge in [-0.25, -0.2) is 8.78 Å². The van der Waals surface area contributed by atoms with Crippen molar-refractivity contribution in [3.05, 3.63) is 70.3 Å². The minimum absolute atomic E-state index is 0.0125. The molecule has 21 heavy (non-hydrogen) atoms. The summed E-state index contributed by atoms with van der Waals surface area (Å²) in [6.45, 7) is 1.59. The summed E-state index contributed by atoms with van der Waals surface area (Å²) in [5, 5.41) is 3.26.